The number of anilines is 1. The summed E-state index contributed by atoms with van der Waals surface area (Å²) in [6, 6.07) is 14.8. The van der Waals surface area contributed by atoms with Crippen molar-refractivity contribution in [3.8, 4) is 0 Å². The molecule has 0 fully saturated rings. The Morgan fingerprint density at radius 1 is 1.12 bits per heavy atom. The zero-order valence-corrected chi connectivity index (χ0v) is 13.8. The van der Waals surface area contributed by atoms with Crippen LogP contribution in [0.4, 0.5) is 10.1 Å². The molecule has 3 rings (SSSR count). The molecule has 0 saturated carbocycles. The highest BCUT2D eigenvalue weighted by molar-refractivity contribution is 7.80. The first kappa shape index (κ1) is 16.1. The number of hydrogen-bond acceptors (Lipinski definition) is 2. The summed E-state index contributed by atoms with van der Waals surface area (Å²) in [6.07, 6.45) is 0. The number of allylic oxidation sites excluding steroid dienone is 1. The topological polar surface area (TPSA) is 53.2 Å². The van der Waals surface area contributed by atoms with Crippen LogP contribution in [-0.4, -0.2) is 11.0 Å². The van der Waals surface area contributed by atoms with Crippen molar-refractivity contribution >= 4 is 28.9 Å². The molecular formula is C18H16FN3OS. The van der Waals surface area contributed by atoms with E-state index in [1.165, 1.54) is 12.1 Å². The maximum absolute atomic E-state index is 13.2. The molecule has 0 radical (unpaired) electrons. The van der Waals surface area contributed by atoms with Gasteiger partial charge in [0.2, 0.25) is 0 Å². The highest BCUT2D eigenvalue weighted by Crippen LogP contribution is 2.27. The van der Waals surface area contributed by atoms with E-state index in [0.29, 0.717) is 22.1 Å². The van der Waals surface area contributed by atoms with Crippen LogP contribution in [0.25, 0.3) is 0 Å². The summed E-state index contributed by atoms with van der Waals surface area (Å²) in [5.41, 5.74) is 2.65. The normalized spacial score (nSPS) is 17.1. The molecule has 122 valence electrons. The number of carbonyl (C=O) groups is 1. The van der Waals surface area contributed by atoms with Crippen molar-refractivity contribution in [1.29, 1.82) is 0 Å². The fourth-order valence-corrected chi connectivity index (χ4v) is 2.89. The molecule has 2 aromatic rings. The Morgan fingerprint density at radius 3 is 2.46 bits per heavy atom. The zero-order chi connectivity index (χ0) is 17.1. The molecule has 1 amide bonds. The van der Waals surface area contributed by atoms with Crippen molar-refractivity contribution in [2.45, 2.75) is 13.0 Å². The molecule has 2 aromatic carbocycles. The van der Waals surface area contributed by atoms with Gasteiger partial charge >= 0.3 is 0 Å². The van der Waals surface area contributed by atoms with E-state index in [0.717, 1.165) is 5.56 Å². The number of halogens is 1. The largest absolute Gasteiger partial charge is 0.351 e. The first-order valence-electron chi connectivity index (χ1n) is 7.45. The Morgan fingerprint density at radius 2 is 1.79 bits per heavy atom. The lowest BCUT2D eigenvalue weighted by Crippen LogP contribution is -2.45. The molecular weight excluding hydrogens is 325 g/mol. The van der Waals surface area contributed by atoms with E-state index in [4.69, 9.17) is 12.2 Å². The highest BCUT2D eigenvalue weighted by Gasteiger charge is 2.29. The summed E-state index contributed by atoms with van der Waals surface area (Å²) in [6.45, 7) is 1.80. The molecule has 0 aliphatic carbocycles. The Bertz CT molecular complexity index is 803. The monoisotopic (exact) mass is 341 g/mol. The Balaban J connectivity index is 1.94. The molecule has 24 heavy (non-hydrogen) atoms. The van der Waals surface area contributed by atoms with E-state index < -0.39 is 6.04 Å². The van der Waals surface area contributed by atoms with Crippen molar-refractivity contribution in [3.63, 3.8) is 0 Å². The predicted molar refractivity (Wildman–Crippen MR) is 95.8 cm³/mol. The van der Waals surface area contributed by atoms with Crippen molar-refractivity contribution in [3.05, 3.63) is 77.2 Å². The van der Waals surface area contributed by atoms with Gasteiger partial charge in [0.25, 0.3) is 5.91 Å². The molecule has 1 aliphatic rings. The summed E-state index contributed by atoms with van der Waals surface area (Å²) in [4.78, 5) is 12.8. The van der Waals surface area contributed by atoms with Crippen LogP contribution in [-0.2, 0) is 4.79 Å². The Hall–Kier alpha value is -2.73. The number of rotatable bonds is 3. The van der Waals surface area contributed by atoms with E-state index in [-0.39, 0.29) is 11.7 Å². The van der Waals surface area contributed by atoms with Crippen molar-refractivity contribution < 1.29 is 9.18 Å². The summed E-state index contributed by atoms with van der Waals surface area (Å²) in [5, 5.41) is 9.35. The van der Waals surface area contributed by atoms with E-state index in [9.17, 15) is 9.18 Å². The van der Waals surface area contributed by atoms with Gasteiger partial charge in [0.1, 0.15) is 5.82 Å². The van der Waals surface area contributed by atoms with Crippen LogP contribution in [0.2, 0.25) is 0 Å². The lowest BCUT2D eigenvalue weighted by Gasteiger charge is -2.30. The zero-order valence-electron chi connectivity index (χ0n) is 13.0. The van der Waals surface area contributed by atoms with Crippen LogP contribution in [0.5, 0.6) is 0 Å². The second-order valence-corrected chi connectivity index (χ2v) is 5.85. The average Bonchev–Trinajstić information content (AvgIpc) is 2.55. The number of thiocarbonyl (C=S) groups is 1. The second-order valence-electron chi connectivity index (χ2n) is 5.44. The smallest absolute Gasteiger partial charge is 0.255 e. The molecule has 3 N–H and O–H groups in total. The molecule has 0 unspecified atom stereocenters. The van der Waals surface area contributed by atoms with Crippen LogP contribution in [0.3, 0.4) is 0 Å². The molecule has 1 aliphatic heterocycles. The van der Waals surface area contributed by atoms with Gasteiger partial charge in [0.05, 0.1) is 11.6 Å². The van der Waals surface area contributed by atoms with Crippen molar-refractivity contribution in [2.24, 2.45) is 0 Å². The molecule has 4 nitrogen and oxygen atoms in total. The third-order valence-corrected chi connectivity index (χ3v) is 3.97. The molecule has 6 heteroatoms. The molecule has 1 atom stereocenters. The van der Waals surface area contributed by atoms with Gasteiger partial charge in [0, 0.05) is 11.4 Å². The van der Waals surface area contributed by atoms with Gasteiger partial charge in [-0.3, -0.25) is 4.79 Å². The minimum Gasteiger partial charge on any atom is -0.351 e. The lowest BCUT2D eigenvalue weighted by atomic mass is 9.95. The number of para-hydroxylation sites is 1. The second kappa shape index (κ2) is 6.80. The van der Waals surface area contributed by atoms with Gasteiger partial charge < -0.3 is 16.0 Å². The number of amides is 1. The first-order chi connectivity index (χ1) is 11.5. The fraction of sp³-hybridized carbons (Fsp3) is 0.111. The third-order valence-electron chi connectivity index (χ3n) is 3.75. The summed E-state index contributed by atoms with van der Waals surface area (Å²) in [5.74, 6) is -0.568. The predicted octanol–water partition coefficient (Wildman–Crippen LogP) is 3.26. The van der Waals surface area contributed by atoms with Gasteiger partial charge in [-0.25, -0.2) is 4.39 Å². The van der Waals surface area contributed by atoms with Crippen LogP contribution in [0.1, 0.15) is 18.5 Å². The van der Waals surface area contributed by atoms with Gasteiger partial charge in [-0.1, -0.05) is 30.3 Å². The summed E-state index contributed by atoms with van der Waals surface area (Å²) < 4.78 is 13.2. The van der Waals surface area contributed by atoms with Gasteiger partial charge in [-0.2, -0.15) is 0 Å². The SMILES string of the molecule is CC1=C(C(=O)Nc2ccccc2)[C@H](c2ccc(F)cc2)NC(=S)N1. The van der Waals surface area contributed by atoms with Gasteiger partial charge in [-0.05, 0) is 49.0 Å². The van der Waals surface area contributed by atoms with Gasteiger partial charge in [-0.15, -0.1) is 0 Å². The van der Waals surface area contributed by atoms with E-state index in [1.54, 1.807) is 19.1 Å². The minimum atomic E-state index is -0.442. The van der Waals surface area contributed by atoms with Gasteiger partial charge in [0.15, 0.2) is 5.11 Å². The number of hydrogen-bond donors (Lipinski definition) is 3. The quantitative estimate of drug-likeness (QED) is 0.750. The molecule has 1 heterocycles. The van der Waals surface area contributed by atoms with Crippen molar-refractivity contribution in [1.82, 2.24) is 10.6 Å². The summed E-state index contributed by atoms with van der Waals surface area (Å²) >= 11 is 5.19. The number of carbonyl (C=O) groups excluding carboxylic acids is 1. The number of nitrogens with one attached hydrogen (secondary N) is 3. The van der Waals surface area contributed by atoms with Crippen LogP contribution in [0, 0.1) is 5.82 Å². The minimum absolute atomic E-state index is 0.240. The molecule has 0 spiro atoms. The van der Waals surface area contributed by atoms with E-state index >= 15 is 0 Å². The lowest BCUT2D eigenvalue weighted by molar-refractivity contribution is -0.113. The van der Waals surface area contributed by atoms with E-state index in [1.807, 2.05) is 30.3 Å². The standard InChI is InChI=1S/C18H16FN3OS/c1-11-15(17(23)21-14-5-3-2-4-6-14)16(22-18(24)20-11)12-7-9-13(19)10-8-12/h2-10,16H,1H3,(H,21,23)(H2,20,22,24)/t16-/m0/s1. The maximum Gasteiger partial charge on any atom is 0.255 e. The van der Waals surface area contributed by atoms with Crippen molar-refractivity contribution in [2.75, 3.05) is 5.32 Å². The first-order valence-corrected chi connectivity index (χ1v) is 7.85. The Labute approximate surface area is 144 Å². The summed E-state index contributed by atoms with van der Waals surface area (Å²) in [7, 11) is 0. The molecule has 0 bridgehead atoms. The molecule has 0 aromatic heterocycles. The Kier molecular flexibility index (Phi) is 4.57. The maximum atomic E-state index is 13.2. The molecule has 0 saturated heterocycles. The van der Waals surface area contributed by atoms with Crippen LogP contribution in [0.15, 0.2) is 65.9 Å². The average molecular weight is 341 g/mol. The highest BCUT2D eigenvalue weighted by atomic mass is 32.1. The third kappa shape index (κ3) is 3.44. The van der Waals surface area contributed by atoms with E-state index in [2.05, 4.69) is 16.0 Å². The number of benzene rings is 2. The van der Waals surface area contributed by atoms with Crippen LogP contribution >= 0.6 is 12.2 Å². The van der Waals surface area contributed by atoms with Crippen LogP contribution < -0.4 is 16.0 Å². The fourth-order valence-electron chi connectivity index (χ4n) is 2.62.